The third-order valence-corrected chi connectivity index (χ3v) is 6.91. The van der Waals surface area contributed by atoms with E-state index in [2.05, 4.69) is 63.6 Å². The van der Waals surface area contributed by atoms with Crippen LogP contribution >= 0.6 is 11.3 Å². The number of aryl methyl sites for hydroxylation is 3. The highest BCUT2D eigenvalue weighted by Gasteiger charge is 2.25. The molecule has 0 atom stereocenters. The van der Waals surface area contributed by atoms with Crippen molar-refractivity contribution in [2.45, 2.75) is 47.0 Å². The lowest BCUT2D eigenvalue weighted by molar-refractivity contribution is 0.909. The first-order valence-electron chi connectivity index (χ1n) is 8.84. The molecule has 1 aliphatic carbocycles. The monoisotopic (exact) mass is 335 g/mol. The molecule has 2 heteroatoms. The Morgan fingerprint density at radius 1 is 0.875 bits per heavy atom. The van der Waals surface area contributed by atoms with Crippen LogP contribution in [0.1, 0.15) is 51.4 Å². The summed E-state index contributed by atoms with van der Waals surface area (Å²) in [4.78, 5) is 2.95. The summed E-state index contributed by atoms with van der Waals surface area (Å²) >= 11 is 1.95. The van der Waals surface area contributed by atoms with Crippen molar-refractivity contribution in [3.8, 4) is 0 Å². The Kier molecular flexibility index (Phi) is 3.69. The zero-order chi connectivity index (χ0) is 17.0. The van der Waals surface area contributed by atoms with E-state index < -0.39 is 0 Å². The van der Waals surface area contributed by atoms with Gasteiger partial charge in [-0.15, -0.1) is 11.3 Å². The van der Waals surface area contributed by atoms with Gasteiger partial charge in [0.15, 0.2) is 0 Å². The van der Waals surface area contributed by atoms with Gasteiger partial charge in [0.25, 0.3) is 0 Å². The lowest BCUT2D eigenvalue weighted by Crippen LogP contribution is -1.93. The van der Waals surface area contributed by atoms with Crippen LogP contribution in [0.5, 0.6) is 0 Å². The Morgan fingerprint density at radius 3 is 2.21 bits per heavy atom. The van der Waals surface area contributed by atoms with Gasteiger partial charge in [-0.25, -0.2) is 0 Å². The molecule has 4 rings (SSSR count). The number of fused-ring (bicyclic) bond motifs is 1. The molecule has 0 bridgehead atoms. The molecule has 0 unspecified atom stereocenters. The van der Waals surface area contributed by atoms with Gasteiger partial charge in [0.2, 0.25) is 0 Å². The summed E-state index contributed by atoms with van der Waals surface area (Å²) in [7, 11) is 2.20. The standard InChI is InChI=1S/C22H25NS/c1-13-15(3)24-16(4)21(13)17-10-8-11-18(17)22-14(2)23(5)20-12-7-6-9-19(20)22/h6-7,9,12H,8,10-11H2,1-5H3. The fourth-order valence-corrected chi connectivity index (χ4v) is 5.53. The van der Waals surface area contributed by atoms with Crippen LogP contribution in [0.15, 0.2) is 24.3 Å². The quantitative estimate of drug-likeness (QED) is 0.499. The molecule has 0 spiro atoms. The third kappa shape index (κ3) is 2.12. The molecular weight excluding hydrogens is 310 g/mol. The molecule has 0 aliphatic heterocycles. The van der Waals surface area contributed by atoms with E-state index in [1.54, 1.807) is 11.1 Å². The summed E-state index contributed by atoms with van der Waals surface area (Å²) in [5.41, 5.74) is 10.5. The molecule has 24 heavy (non-hydrogen) atoms. The molecule has 0 saturated carbocycles. The van der Waals surface area contributed by atoms with Crippen molar-refractivity contribution >= 4 is 33.4 Å². The van der Waals surface area contributed by atoms with Gasteiger partial charge in [-0.2, -0.15) is 0 Å². The largest absolute Gasteiger partial charge is 0.347 e. The second kappa shape index (κ2) is 5.63. The number of hydrogen-bond acceptors (Lipinski definition) is 1. The van der Waals surface area contributed by atoms with Gasteiger partial charge in [0, 0.05) is 39.0 Å². The van der Waals surface area contributed by atoms with E-state index in [-0.39, 0.29) is 0 Å². The van der Waals surface area contributed by atoms with Crippen LogP contribution in [0.3, 0.4) is 0 Å². The summed E-state index contributed by atoms with van der Waals surface area (Å²) in [5, 5.41) is 1.41. The maximum atomic E-state index is 2.35. The van der Waals surface area contributed by atoms with Gasteiger partial charge in [-0.1, -0.05) is 18.2 Å². The van der Waals surface area contributed by atoms with Crippen molar-refractivity contribution in [3.05, 3.63) is 56.4 Å². The predicted octanol–water partition coefficient (Wildman–Crippen LogP) is 6.57. The van der Waals surface area contributed by atoms with Crippen molar-refractivity contribution in [1.82, 2.24) is 4.57 Å². The van der Waals surface area contributed by atoms with Gasteiger partial charge in [-0.05, 0) is 75.3 Å². The first kappa shape index (κ1) is 15.7. The van der Waals surface area contributed by atoms with Crippen LogP contribution in [-0.2, 0) is 7.05 Å². The molecule has 2 aromatic heterocycles. The van der Waals surface area contributed by atoms with Gasteiger partial charge in [0.1, 0.15) is 0 Å². The van der Waals surface area contributed by atoms with Gasteiger partial charge >= 0.3 is 0 Å². The molecular formula is C22H25NS. The molecule has 3 aromatic rings. The first-order chi connectivity index (χ1) is 11.5. The van der Waals surface area contributed by atoms with Gasteiger partial charge in [-0.3, -0.25) is 0 Å². The van der Waals surface area contributed by atoms with E-state index >= 15 is 0 Å². The average molecular weight is 336 g/mol. The minimum Gasteiger partial charge on any atom is -0.347 e. The Hall–Kier alpha value is -1.80. The highest BCUT2D eigenvalue weighted by Crippen LogP contribution is 2.47. The Labute approximate surface area is 148 Å². The van der Waals surface area contributed by atoms with Gasteiger partial charge < -0.3 is 4.57 Å². The zero-order valence-corrected chi connectivity index (χ0v) is 16.1. The first-order valence-corrected chi connectivity index (χ1v) is 9.65. The molecule has 1 aliphatic rings. The van der Waals surface area contributed by atoms with E-state index in [9.17, 15) is 0 Å². The van der Waals surface area contributed by atoms with Crippen LogP contribution in [0, 0.1) is 27.7 Å². The topological polar surface area (TPSA) is 4.93 Å². The molecule has 2 heterocycles. The minimum atomic E-state index is 1.21. The maximum absolute atomic E-state index is 2.35. The number of allylic oxidation sites excluding steroid dienone is 2. The van der Waals surface area contributed by atoms with Crippen LogP contribution in [-0.4, -0.2) is 4.57 Å². The number of hydrogen-bond donors (Lipinski definition) is 0. The summed E-state index contributed by atoms with van der Waals surface area (Å²) < 4.78 is 2.35. The summed E-state index contributed by atoms with van der Waals surface area (Å²) in [6.07, 6.45) is 3.70. The molecule has 0 radical (unpaired) electrons. The molecule has 1 aromatic carbocycles. The SMILES string of the molecule is Cc1sc(C)c(C2=C(c3c(C)n(C)c4ccccc34)CCC2)c1C. The van der Waals surface area contributed by atoms with Crippen molar-refractivity contribution in [1.29, 1.82) is 0 Å². The normalized spacial score (nSPS) is 15.0. The molecule has 1 nitrogen and oxygen atoms in total. The Bertz CT molecular complexity index is 981. The fourth-order valence-electron chi connectivity index (χ4n) is 4.43. The number of nitrogens with zero attached hydrogens (tertiary/aromatic N) is 1. The second-order valence-corrected chi connectivity index (χ2v) is 8.49. The number of thiophene rings is 1. The lowest BCUT2D eigenvalue weighted by atomic mass is 9.93. The van der Waals surface area contributed by atoms with E-state index in [1.807, 2.05) is 11.3 Å². The summed E-state index contributed by atoms with van der Waals surface area (Å²) in [5.74, 6) is 0. The van der Waals surface area contributed by atoms with E-state index in [4.69, 9.17) is 0 Å². The lowest BCUT2D eigenvalue weighted by Gasteiger charge is -2.11. The van der Waals surface area contributed by atoms with Crippen molar-refractivity contribution in [2.75, 3.05) is 0 Å². The van der Waals surface area contributed by atoms with Crippen molar-refractivity contribution in [3.63, 3.8) is 0 Å². The van der Waals surface area contributed by atoms with Gasteiger partial charge in [0.05, 0.1) is 0 Å². The second-order valence-electron chi connectivity index (χ2n) is 7.06. The average Bonchev–Trinajstić information content (AvgIpc) is 3.19. The van der Waals surface area contributed by atoms with Crippen LogP contribution in [0.2, 0.25) is 0 Å². The summed E-state index contributed by atoms with van der Waals surface area (Å²) in [6.45, 7) is 9.12. The number of rotatable bonds is 2. The fraction of sp³-hybridized carbons (Fsp3) is 0.364. The Morgan fingerprint density at radius 2 is 1.54 bits per heavy atom. The van der Waals surface area contributed by atoms with Crippen molar-refractivity contribution < 1.29 is 0 Å². The predicted molar refractivity (Wildman–Crippen MR) is 107 cm³/mol. The van der Waals surface area contributed by atoms with E-state index in [0.29, 0.717) is 0 Å². The number of para-hydroxylation sites is 1. The van der Waals surface area contributed by atoms with Crippen LogP contribution in [0.4, 0.5) is 0 Å². The number of benzene rings is 1. The van der Waals surface area contributed by atoms with E-state index in [0.717, 1.165) is 0 Å². The number of aromatic nitrogens is 1. The molecule has 0 N–H and O–H groups in total. The third-order valence-electron chi connectivity index (χ3n) is 5.78. The smallest absolute Gasteiger partial charge is 0.0486 e. The highest BCUT2D eigenvalue weighted by atomic mass is 32.1. The summed E-state index contributed by atoms with van der Waals surface area (Å²) in [6, 6.07) is 8.85. The van der Waals surface area contributed by atoms with Crippen LogP contribution < -0.4 is 0 Å². The van der Waals surface area contributed by atoms with Crippen molar-refractivity contribution in [2.24, 2.45) is 7.05 Å². The Balaban J connectivity index is 2.04. The highest BCUT2D eigenvalue weighted by molar-refractivity contribution is 7.12. The molecule has 0 fully saturated rings. The molecule has 0 amide bonds. The zero-order valence-electron chi connectivity index (χ0n) is 15.3. The minimum absolute atomic E-state index is 1.21. The van der Waals surface area contributed by atoms with Crippen LogP contribution in [0.25, 0.3) is 22.0 Å². The van der Waals surface area contributed by atoms with E-state index in [1.165, 1.54) is 62.3 Å². The molecule has 0 saturated heterocycles. The molecule has 124 valence electrons. The maximum Gasteiger partial charge on any atom is 0.0486 e.